The first-order chi connectivity index (χ1) is 18.7. The van der Waals surface area contributed by atoms with Crippen LogP contribution in [-0.2, 0) is 14.6 Å². The van der Waals surface area contributed by atoms with E-state index in [0.29, 0.717) is 12.8 Å². The number of benzene rings is 2. The Morgan fingerprint density at radius 1 is 1.12 bits per heavy atom. The molecule has 2 fully saturated rings. The number of sulfone groups is 1. The average molecular weight is 603 g/mol. The van der Waals surface area contributed by atoms with Gasteiger partial charge in [-0.3, -0.25) is 9.59 Å². The number of carbonyl (C=O) groups is 2. The monoisotopic (exact) mass is 602 g/mol. The number of rotatable bonds is 9. The highest BCUT2D eigenvalue weighted by atomic mass is 35.5. The van der Waals surface area contributed by atoms with Gasteiger partial charge in [0.05, 0.1) is 38.9 Å². The van der Waals surface area contributed by atoms with Crippen molar-refractivity contribution >= 4 is 38.9 Å². The Kier molecular flexibility index (Phi) is 8.84. The van der Waals surface area contributed by atoms with Crippen LogP contribution in [0.1, 0.15) is 61.4 Å². The lowest BCUT2D eigenvalue weighted by atomic mass is 9.72. The van der Waals surface area contributed by atoms with Crippen molar-refractivity contribution in [2.24, 2.45) is 11.8 Å². The van der Waals surface area contributed by atoms with Gasteiger partial charge in [-0.1, -0.05) is 11.6 Å². The molecule has 0 radical (unpaired) electrons. The van der Waals surface area contributed by atoms with E-state index in [4.69, 9.17) is 11.6 Å². The zero-order chi connectivity index (χ0) is 29.4. The molecule has 4 N–H and O–H groups in total. The van der Waals surface area contributed by atoms with Crippen LogP contribution in [0.25, 0.3) is 0 Å². The summed E-state index contributed by atoms with van der Waals surface area (Å²) in [5.74, 6) is -3.25. The summed E-state index contributed by atoms with van der Waals surface area (Å²) >= 11 is 6.25. The summed E-state index contributed by atoms with van der Waals surface area (Å²) in [6.07, 6.45) is -2.75. The van der Waals surface area contributed by atoms with Crippen LogP contribution in [0.2, 0.25) is 5.02 Å². The van der Waals surface area contributed by atoms with Gasteiger partial charge in [-0.25, -0.2) is 21.6 Å². The van der Waals surface area contributed by atoms with Gasteiger partial charge in [-0.15, -0.1) is 0 Å². The highest BCUT2D eigenvalue weighted by molar-refractivity contribution is 7.92. The number of aliphatic hydroxyl groups is 2. The lowest BCUT2D eigenvalue weighted by molar-refractivity contribution is -0.133. The minimum Gasteiger partial charge on any atom is -0.392 e. The second-order valence-electron chi connectivity index (χ2n) is 10.6. The fourth-order valence-corrected chi connectivity index (χ4v) is 8.17. The first-order valence-electron chi connectivity index (χ1n) is 12.8. The molecule has 0 heterocycles. The van der Waals surface area contributed by atoms with E-state index in [9.17, 15) is 41.4 Å². The van der Waals surface area contributed by atoms with E-state index in [1.165, 1.54) is 19.1 Å². The highest BCUT2D eigenvalue weighted by Crippen LogP contribution is 2.53. The normalized spacial score (nSPS) is 25.1. The van der Waals surface area contributed by atoms with Gasteiger partial charge in [0.25, 0.3) is 12.3 Å². The molecule has 2 aliphatic rings. The molecule has 2 aromatic rings. The molecule has 2 amide bonds. The zero-order valence-electron chi connectivity index (χ0n) is 21.5. The molecular formula is C27H30ClF3N2O6S. The first-order valence-corrected chi connectivity index (χ1v) is 14.7. The highest BCUT2D eigenvalue weighted by Gasteiger charge is 2.56. The summed E-state index contributed by atoms with van der Waals surface area (Å²) in [5.41, 5.74) is -2.45. The molecule has 0 saturated heterocycles. The molecule has 4 rings (SSSR count). The van der Waals surface area contributed by atoms with Crippen LogP contribution in [-0.4, -0.2) is 53.9 Å². The number of hydrogen-bond donors (Lipinski definition) is 4. The number of nitrogens with one attached hydrogen (secondary N) is 2. The Labute approximate surface area is 234 Å². The summed E-state index contributed by atoms with van der Waals surface area (Å²) in [7, 11) is -4.08. The van der Waals surface area contributed by atoms with Crippen molar-refractivity contribution in [1.29, 1.82) is 0 Å². The topological polar surface area (TPSA) is 133 Å². The second-order valence-corrected chi connectivity index (χ2v) is 13.2. The van der Waals surface area contributed by atoms with E-state index in [1.807, 2.05) is 0 Å². The fourth-order valence-electron chi connectivity index (χ4n) is 5.77. The minimum absolute atomic E-state index is 0.0399. The summed E-state index contributed by atoms with van der Waals surface area (Å²) < 4.78 is 67.1. The fraction of sp³-hybridized carbons (Fsp3) is 0.481. The molecule has 2 aliphatic carbocycles. The largest absolute Gasteiger partial charge is 0.392 e. The number of aliphatic hydroxyl groups excluding tert-OH is 1. The maximum absolute atomic E-state index is 13.7. The zero-order valence-corrected chi connectivity index (χ0v) is 23.1. The van der Waals surface area contributed by atoms with Crippen molar-refractivity contribution in [2.75, 3.05) is 11.9 Å². The van der Waals surface area contributed by atoms with Crippen molar-refractivity contribution in [2.45, 2.75) is 67.3 Å². The summed E-state index contributed by atoms with van der Waals surface area (Å²) in [4.78, 5) is 24.9. The molecule has 2 bridgehead atoms. The minimum atomic E-state index is -4.08. The summed E-state index contributed by atoms with van der Waals surface area (Å²) in [6, 6.07) is 6.34. The Bertz CT molecular complexity index is 1390. The van der Waals surface area contributed by atoms with Gasteiger partial charge < -0.3 is 20.8 Å². The van der Waals surface area contributed by atoms with Gasteiger partial charge in [0.2, 0.25) is 5.91 Å². The first kappa shape index (κ1) is 30.3. The van der Waals surface area contributed by atoms with Crippen LogP contribution < -0.4 is 10.6 Å². The van der Waals surface area contributed by atoms with E-state index in [1.54, 1.807) is 0 Å². The third-order valence-corrected chi connectivity index (χ3v) is 10.5. The maximum atomic E-state index is 13.7. The predicted molar refractivity (Wildman–Crippen MR) is 141 cm³/mol. The quantitative estimate of drug-likeness (QED) is 0.339. The molecule has 0 spiro atoms. The maximum Gasteiger partial charge on any atom is 0.266 e. The van der Waals surface area contributed by atoms with Crippen molar-refractivity contribution in [3.05, 3.63) is 58.4 Å². The summed E-state index contributed by atoms with van der Waals surface area (Å²) in [5, 5.41) is 24.7. The van der Waals surface area contributed by atoms with Crippen molar-refractivity contribution in [1.82, 2.24) is 5.32 Å². The number of amides is 2. The number of fused-ring (bicyclic) bond motifs is 2. The van der Waals surface area contributed by atoms with Crippen LogP contribution in [0.5, 0.6) is 0 Å². The molecular weight excluding hydrogens is 573 g/mol. The van der Waals surface area contributed by atoms with Crippen LogP contribution in [0.3, 0.4) is 0 Å². The van der Waals surface area contributed by atoms with Crippen LogP contribution >= 0.6 is 11.6 Å². The third kappa shape index (κ3) is 6.14. The molecule has 2 aromatic carbocycles. The standard InChI is InChI=1S/C27H30ClF3N2O6S/c1-14(34)13-32-24(35)12-27(37)16-3-4-17(27)10-19(9-16)40(38,39)23-8-15(2-6-21(23)28)26(36)33-18-5-7-22(29)20(11-18)25(30)31/h2,5-8,11,14,16-17,19,25,34,37H,3-4,9-10,12-13H2,1H3,(H,32,35)(H,33,36)/t14-,16+,17?,19?,27?/m1/s1. The van der Waals surface area contributed by atoms with E-state index in [0.717, 1.165) is 24.3 Å². The number of carbonyl (C=O) groups excluding carboxylic acids is 2. The Morgan fingerprint density at radius 3 is 2.38 bits per heavy atom. The number of halogens is 4. The molecule has 0 aliphatic heterocycles. The van der Waals surface area contributed by atoms with Crippen molar-refractivity contribution < 1.29 is 41.4 Å². The predicted octanol–water partition coefficient (Wildman–Crippen LogP) is 4.25. The van der Waals surface area contributed by atoms with Gasteiger partial charge in [0.1, 0.15) is 5.82 Å². The van der Waals surface area contributed by atoms with Gasteiger partial charge >= 0.3 is 0 Å². The Balaban J connectivity index is 1.52. The van der Waals surface area contributed by atoms with Gasteiger partial charge in [-0.2, -0.15) is 0 Å². The molecule has 3 unspecified atom stereocenters. The molecule has 5 atom stereocenters. The SMILES string of the molecule is C[C@@H](O)CNC(=O)CC1(O)C2CC[C@H]1CC(S(=O)(=O)c1cc(C(=O)Nc3ccc(F)c(C(F)F)c3)ccc1Cl)C2. The van der Waals surface area contributed by atoms with Gasteiger partial charge in [0, 0.05) is 17.8 Å². The second kappa shape index (κ2) is 11.7. The van der Waals surface area contributed by atoms with Crippen LogP contribution in [0.15, 0.2) is 41.3 Å². The number of anilines is 1. The lowest BCUT2D eigenvalue weighted by Gasteiger charge is -2.42. The number of hydrogen-bond acceptors (Lipinski definition) is 6. The molecule has 8 nitrogen and oxygen atoms in total. The van der Waals surface area contributed by atoms with Crippen LogP contribution in [0, 0.1) is 17.7 Å². The van der Waals surface area contributed by atoms with E-state index >= 15 is 0 Å². The molecule has 13 heteroatoms. The average Bonchev–Trinajstić information content (AvgIpc) is 3.04. The van der Waals surface area contributed by atoms with Gasteiger partial charge in [0.15, 0.2) is 9.84 Å². The molecule has 2 saturated carbocycles. The van der Waals surface area contributed by atoms with E-state index < -0.39 is 68.2 Å². The number of alkyl halides is 2. The molecule has 0 aromatic heterocycles. The third-order valence-electron chi connectivity index (χ3n) is 7.84. The molecule has 40 heavy (non-hydrogen) atoms. The van der Waals surface area contributed by atoms with Gasteiger partial charge in [-0.05, 0) is 80.8 Å². The van der Waals surface area contributed by atoms with E-state index in [-0.39, 0.29) is 47.0 Å². The lowest BCUT2D eigenvalue weighted by Crippen LogP contribution is -2.51. The Hall–Kier alpha value is -2.67. The smallest absolute Gasteiger partial charge is 0.266 e. The van der Waals surface area contributed by atoms with E-state index in [2.05, 4.69) is 10.6 Å². The Morgan fingerprint density at radius 2 is 1.77 bits per heavy atom. The van der Waals surface area contributed by atoms with Crippen molar-refractivity contribution in [3.8, 4) is 0 Å². The summed E-state index contributed by atoms with van der Waals surface area (Å²) in [6.45, 7) is 1.56. The van der Waals surface area contributed by atoms with Crippen molar-refractivity contribution in [3.63, 3.8) is 0 Å². The van der Waals surface area contributed by atoms with Crippen LogP contribution in [0.4, 0.5) is 18.9 Å². The molecule has 218 valence electrons.